The molecule has 0 saturated carbocycles. The fourth-order valence-electron chi connectivity index (χ4n) is 8.41. The molecule has 0 bridgehead atoms. The highest BCUT2D eigenvalue weighted by molar-refractivity contribution is 7.99. The fraction of sp³-hybridized carbons (Fsp3) is 0.220. The molecule has 0 spiro atoms. The SMILES string of the molecule is O=C(OCC1c2ccccc2-c2ccccc21)C(F)(F)SOO[O-].O=C(OCCSC1c2ccccc2-c2ccccc21)C(F)(F)SOO[O-].O=C(OCSCC1c2ccccc2-c2ccccc21)C(F)(F)SOO[O-]. The van der Waals surface area contributed by atoms with Crippen molar-refractivity contribution in [2.24, 2.45) is 0 Å². The van der Waals surface area contributed by atoms with Crippen LogP contribution in [0, 0.1) is 0 Å². The second kappa shape index (κ2) is 27.3. The van der Waals surface area contributed by atoms with Gasteiger partial charge in [0.1, 0.15) is 55.3 Å². The Hall–Kier alpha value is -5.30. The number of carbonyl (C=O) groups excluding carboxylic acids is 3. The quantitative estimate of drug-likeness (QED) is 0.00907. The number of alkyl halides is 6. The molecule has 0 heterocycles. The number of hydrogen-bond acceptors (Lipinski definition) is 20. The molecular formula is C50H37F6O15S5-3. The first-order valence-electron chi connectivity index (χ1n) is 22.0. The molecular weight excluding hydrogens is 1110 g/mol. The minimum absolute atomic E-state index is 0.0492. The molecule has 0 fully saturated rings. The Labute approximate surface area is 450 Å². The van der Waals surface area contributed by atoms with Gasteiger partial charge in [0.05, 0.1) is 5.25 Å². The largest absolute Gasteiger partial charge is 0.691 e. The maximum absolute atomic E-state index is 13.4. The third kappa shape index (κ3) is 14.2. The van der Waals surface area contributed by atoms with E-state index in [1.165, 1.54) is 23.5 Å². The summed E-state index contributed by atoms with van der Waals surface area (Å²) in [5.41, 5.74) is 13.0. The Balaban J connectivity index is 0.000000166. The van der Waals surface area contributed by atoms with Crippen LogP contribution >= 0.6 is 59.7 Å². The summed E-state index contributed by atoms with van der Waals surface area (Å²) in [6, 6.07) is 47.1. The van der Waals surface area contributed by atoms with Crippen LogP contribution in [0.3, 0.4) is 0 Å². The van der Waals surface area contributed by atoms with Crippen molar-refractivity contribution < 1.29 is 98.8 Å². The van der Waals surface area contributed by atoms with Crippen molar-refractivity contribution in [1.29, 1.82) is 0 Å². The van der Waals surface area contributed by atoms with Crippen molar-refractivity contribution in [2.45, 2.75) is 32.8 Å². The van der Waals surface area contributed by atoms with Gasteiger partial charge < -0.3 is 30.0 Å². The number of halogens is 6. The van der Waals surface area contributed by atoms with Gasteiger partial charge in [-0.15, -0.1) is 23.5 Å². The van der Waals surface area contributed by atoms with Gasteiger partial charge >= 0.3 is 33.7 Å². The molecule has 0 amide bonds. The van der Waals surface area contributed by atoms with E-state index in [9.17, 15) is 56.5 Å². The highest BCUT2D eigenvalue weighted by Crippen LogP contribution is 2.51. The van der Waals surface area contributed by atoms with Gasteiger partial charge in [-0.1, -0.05) is 146 Å². The normalized spacial score (nSPS) is 13.4. The predicted octanol–water partition coefficient (Wildman–Crippen LogP) is 9.80. The van der Waals surface area contributed by atoms with Crippen LogP contribution in [0.15, 0.2) is 146 Å². The van der Waals surface area contributed by atoms with Crippen LogP contribution in [0.4, 0.5) is 26.3 Å². The number of thioether (sulfide) groups is 2. The Bertz CT molecular complexity index is 2680. The molecule has 6 aromatic carbocycles. The van der Waals surface area contributed by atoms with Crippen molar-refractivity contribution in [1.82, 2.24) is 0 Å². The molecule has 0 aliphatic heterocycles. The Kier molecular flexibility index (Phi) is 21.0. The maximum atomic E-state index is 13.4. The molecule has 6 aromatic rings. The third-order valence-electron chi connectivity index (χ3n) is 11.5. The summed E-state index contributed by atoms with van der Waals surface area (Å²) < 4.78 is 104. The Morgan fingerprint density at radius 2 is 0.750 bits per heavy atom. The lowest BCUT2D eigenvalue weighted by Gasteiger charge is -2.17. The van der Waals surface area contributed by atoms with E-state index in [-0.39, 0.29) is 36.2 Å². The maximum Gasteiger partial charge on any atom is 0.415 e. The van der Waals surface area contributed by atoms with Crippen LogP contribution in [0.5, 0.6) is 0 Å². The summed E-state index contributed by atoms with van der Waals surface area (Å²) in [7, 11) is 0. The minimum atomic E-state index is -4.04. The van der Waals surface area contributed by atoms with Gasteiger partial charge in [0.15, 0.2) is 0 Å². The summed E-state index contributed by atoms with van der Waals surface area (Å²) in [6.45, 7) is -0.444. The molecule has 0 atom stereocenters. The van der Waals surface area contributed by atoms with Gasteiger partial charge in [0.25, 0.3) is 0 Å². The third-order valence-corrected chi connectivity index (χ3v) is 15.0. The standard InChI is InChI=1S/2C17H14F2O5S2.C16H12F2O5S/c18-17(19,26-24-23-21)16(20)22-10-25-9-15-13-7-3-1-5-11(13)12-6-2-4-8-14(12)15;18-17(19,26-24-23-21)16(20)22-9-10-25-15-13-7-3-1-5-11(13)12-6-2-4-8-14(12)15;17-16(18,24-23-22-20)15(19)21-9-14-12-7-3-1-5-10(12)11-6-2-4-8-13(11)14/h2*1-8,15,21H,9-10H2;1-8,14,20H,9H2/p-3. The highest BCUT2D eigenvalue weighted by Gasteiger charge is 2.46. The van der Waals surface area contributed by atoms with E-state index >= 15 is 0 Å². The first-order valence-corrected chi connectivity index (χ1v) is 26.4. The van der Waals surface area contributed by atoms with Gasteiger partial charge in [0.2, 0.25) is 0 Å². The van der Waals surface area contributed by atoms with Crippen LogP contribution in [0.1, 0.15) is 50.5 Å². The van der Waals surface area contributed by atoms with E-state index in [1.807, 2.05) is 133 Å². The van der Waals surface area contributed by atoms with E-state index in [1.54, 1.807) is 0 Å². The second-order valence-electron chi connectivity index (χ2n) is 15.7. The monoisotopic (exact) mass is 1150 g/mol. The number of carbonyl (C=O) groups is 3. The first-order chi connectivity index (χ1) is 36.6. The summed E-state index contributed by atoms with van der Waals surface area (Å²) >= 11 is 0.631. The summed E-state index contributed by atoms with van der Waals surface area (Å²) in [6.07, 6.45) is 0. The van der Waals surface area contributed by atoms with E-state index in [0.29, 0.717) is 11.5 Å². The average molecular weight is 1150 g/mol. The predicted molar refractivity (Wildman–Crippen MR) is 263 cm³/mol. The molecule has 0 N–H and O–H groups in total. The van der Waals surface area contributed by atoms with E-state index in [2.05, 4.69) is 49.7 Å². The Morgan fingerprint density at radius 1 is 0.434 bits per heavy atom. The number of benzene rings is 6. The van der Waals surface area contributed by atoms with Crippen molar-refractivity contribution in [3.05, 3.63) is 179 Å². The van der Waals surface area contributed by atoms with Gasteiger partial charge in [-0.3, -0.25) is 15.1 Å². The van der Waals surface area contributed by atoms with Crippen molar-refractivity contribution in [3.63, 3.8) is 0 Å². The lowest BCUT2D eigenvalue weighted by Crippen LogP contribution is -2.29. The lowest BCUT2D eigenvalue weighted by atomic mass is 9.98. The van der Waals surface area contributed by atoms with Crippen LogP contribution in [-0.4, -0.2) is 64.3 Å². The molecule has 15 nitrogen and oxygen atoms in total. The summed E-state index contributed by atoms with van der Waals surface area (Å²) in [5, 5.41) is 25.2. The van der Waals surface area contributed by atoms with Crippen molar-refractivity contribution in [2.75, 3.05) is 30.7 Å². The van der Waals surface area contributed by atoms with Crippen LogP contribution in [0.25, 0.3) is 33.4 Å². The molecule has 402 valence electrons. The minimum Gasteiger partial charge on any atom is -0.691 e. The van der Waals surface area contributed by atoms with Crippen LogP contribution in [0.2, 0.25) is 0 Å². The molecule has 0 unspecified atom stereocenters. The first kappa shape index (κ1) is 58.4. The zero-order valence-corrected chi connectivity index (χ0v) is 42.6. The smallest absolute Gasteiger partial charge is 0.415 e. The summed E-state index contributed by atoms with van der Waals surface area (Å²) in [4.78, 5) is 34.2. The number of ether oxygens (including phenoxy) is 3. The zero-order valence-electron chi connectivity index (χ0n) is 38.6. The molecule has 0 saturated heterocycles. The molecule has 9 rings (SSSR count). The van der Waals surface area contributed by atoms with E-state index in [0.717, 1.165) is 66.8 Å². The van der Waals surface area contributed by atoms with Crippen molar-refractivity contribution >= 4 is 77.6 Å². The molecule has 0 radical (unpaired) electrons. The Morgan fingerprint density at radius 3 is 1.13 bits per heavy atom. The molecule has 3 aliphatic carbocycles. The van der Waals surface area contributed by atoms with E-state index < -0.39 is 69.8 Å². The van der Waals surface area contributed by atoms with Gasteiger partial charge in [-0.2, -0.15) is 39.3 Å². The number of rotatable bonds is 22. The van der Waals surface area contributed by atoms with Crippen molar-refractivity contribution in [3.8, 4) is 33.4 Å². The average Bonchev–Trinajstić information content (AvgIpc) is 4.06. The number of hydrogen-bond donors (Lipinski definition) is 0. The molecule has 3 aliphatic rings. The van der Waals surface area contributed by atoms with Crippen LogP contribution in [-0.2, 0) is 56.7 Å². The molecule has 0 aromatic heterocycles. The zero-order chi connectivity index (χ0) is 54.3. The number of esters is 3. The second-order valence-corrected chi connectivity index (χ2v) is 20.4. The number of fused-ring (bicyclic) bond motifs is 9. The topological polar surface area (TPSA) is 203 Å². The lowest BCUT2D eigenvalue weighted by molar-refractivity contribution is -0.777. The van der Waals surface area contributed by atoms with E-state index in [4.69, 9.17) is 4.74 Å². The van der Waals surface area contributed by atoms with Gasteiger partial charge in [0, 0.05) is 23.3 Å². The fourth-order valence-corrected chi connectivity index (χ4v) is 11.2. The van der Waals surface area contributed by atoms with Gasteiger partial charge in [-0.25, -0.2) is 14.4 Å². The van der Waals surface area contributed by atoms with Crippen LogP contribution < -0.4 is 15.8 Å². The highest BCUT2D eigenvalue weighted by atomic mass is 32.2. The molecule has 26 heteroatoms. The summed E-state index contributed by atoms with van der Waals surface area (Å²) in [5.74, 6) is -4.96. The van der Waals surface area contributed by atoms with Gasteiger partial charge in [-0.05, 0) is 66.8 Å². The molecule has 76 heavy (non-hydrogen) atoms.